The maximum atomic E-state index is 4.28. The molecule has 0 radical (unpaired) electrons. The van der Waals surface area contributed by atoms with Crippen molar-refractivity contribution in [2.75, 3.05) is 6.54 Å². The van der Waals surface area contributed by atoms with E-state index in [0.29, 0.717) is 0 Å². The lowest BCUT2D eigenvalue weighted by molar-refractivity contribution is 0.593. The molecular formula is C16H21N3. The standard InChI is InChI=1S/C16H21N3/c1-4-7-19-16(14-6-9-18-13(3)10-14)15-11-17-8-5-12(15)2/h5-6,8-11,16,19H,4,7H2,1-3H3. The van der Waals surface area contributed by atoms with Crippen molar-refractivity contribution in [1.82, 2.24) is 15.3 Å². The fraction of sp³-hybridized carbons (Fsp3) is 0.375. The van der Waals surface area contributed by atoms with Gasteiger partial charge in [0.05, 0.1) is 6.04 Å². The largest absolute Gasteiger partial charge is 0.306 e. The van der Waals surface area contributed by atoms with Gasteiger partial charge < -0.3 is 5.32 Å². The van der Waals surface area contributed by atoms with Crippen LogP contribution in [0.15, 0.2) is 36.8 Å². The van der Waals surface area contributed by atoms with E-state index in [4.69, 9.17) is 0 Å². The fourth-order valence-electron chi connectivity index (χ4n) is 2.22. The first kappa shape index (κ1) is 13.7. The predicted molar refractivity (Wildman–Crippen MR) is 78.1 cm³/mol. The van der Waals surface area contributed by atoms with Crippen molar-refractivity contribution in [3.05, 3.63) is 59.2 Å². The highest BCUT2D eigenvalue weighted by atomic mass is 14.9. The number of pyridine rings is 2. The van der Waals surface area contributed by atoms with E-state index in [0.717, 1.165) is 18.7 Å². The van der Waals surface area contributed by atoms with E-state index in [1.807, 2.05) is 25.5 Å². The Morgan fingerprint density at radius 3 is 2.74 bits per heavy atom. The van der Waals surface area contributed by atoms with Crippen LogP contribution in [0.25, 0.3) is 0 Å². The van der Waals surface area contributed by atoms with Crippen molar-refractivity contribution < 1.29 is 0 Å². The van der Waals surface area contributed by atoms with Gasteiger partial charge in [-0.25, -0.2) is 0 Å². The van der Waals surface area contributed by atoms with Gasteiger partial charge in [-0.15, -0.1) is 0 Å². The van der Waals surface area contributed by atoms with E-state index < -0.39 is 0 Å². The Kier molecular flexibility index (Phi) is 4.63. The molecule has 3 nitrogen and oxygen atoms in total. The summed E-state index contributed by atoms with van der Waals surface area (Å²) in [5.74, 6) is 0. The minimum absolute atomic E-state index is 0.190. The van der Waals surface area contributed by atoms with E-state index in [9.17, 15) is 0 Å². The molecule has 100 valence electrons. The molecule has 0 saturated heterocycles. The lowest BCUT2D eigenvalue weighted by Gasteiger charge is -2.21. The minimum atomic E-state index is 0.190. The average Bonchev–Trinajstić information content (AvgIpc) is 2.41. The van der Waals surface area contributed by atoms with Crippen LogP contribution in [0.2, 0.25) is 0 Å². The second-order valence-corrected chi connectivity index (χ2v) is 4.85. The highest BCUT2D eigenvalue weighted by molar-refractivity contribution is 5.34. The van der Waals surface area contributed by atoms with Crippen LogP contribution >= 0.6 is 0 Å². The molecule has 1 unspecified atom stereocenters. The molecule has 1 atom stereocenters. The summed E-state index contributed by atoms with van der Waals surface area (Å²) in [7, 11) is 0. The van der Waals surface area contributed by atoms with Gasteiger partial charge in [0.1, 0.15) is 0 Å². The Labute approximate surface area is 115 Å². The molecule has 19 heavy (non-hydrogen) atoms. The van der Waals surface area contributed by atoms with E-state index in [1.54, 1.807) is 0 Å². The molecule has 0 aliphatic heterocycles. The molecule has 3 heteroatoms. The third-order valence-electron chi connectivity index (χ3n) is 3.24. The molecule has 0 amide bonds. The lowest BCUT2D eigenvalue weighted by atomic mass is 9.97. The molecule has 0 fully saturated rings. The van der Waals surface area contributed by atoms with Gasteiger partial charge in [0.15, 0.2) is 0 Å². The van der Waals surface area contributed by atoms with Crippen molar-refractivity contribution in [1.29, 1.82) is 0 Å². The van der Waals surface area contributed by atoms with Gasteiger partial charge in [-0.2, -0.15) is 0 Å². The Morgan fingerprint density at radius 1 is 1.21 bits per heavy atom. The fourth-order valence-corrected chi connectivity index (χ4v) is 2.22. The lowest BCUT2D eigenvalue weighted by Crippen LogP contribution is -2.24. The number of aryl methyl sites for hydroxylation is 2. The molecule has 0 bridgehead atoms. The highest BCUT2D eigenvalue weighted by Gasteiger charge is 2.15. The van der Waals surface area contributed by atoms with Gasteiger partial charge in [-0.1, -0.05) is 6.92 Å². The van der Waals surface area contributed by atoms with E-state index in [-0.39, 0.29) is 6.04 Å². The molecule has 0 aromatic carbocycles. The molecule has 2 heterocycles. The summed E-state index contributed by atoms with van der Waals surface area (Å²) in [4.78, 5) is 8.54. The van der Waals surface area contributed by atoms with Crippen molar-refractivity contribution >= 4 is 0 Å². The molecule has 0 saturated carbocycles. The van der Waals surface area contributed by atoms with Crippen LogP contribution in [0.4, 0.5) is 0 Å². The third kappa shape index (κ3) is 3.38. The Morgan fingerprint density at radius 2 is 2.05 bits per heavy atom. The number of nitrogens with one attached hydrogen (secondary N) is 1. The zero-order chi connectivity index (χ0) is 13.7. The summed E-state index contributed by atoms with van der Waals surface area (Å²) >= 11 is 0. The van der Waals surface area contributed by atoms with E-state index in [2.05, 4.69) is 47.3 Å². The van der Waals surface area contributed by atoms with Gasteiger partial charge in [0.2, 0.25) is 0 Å². The number of hydrogen-bond acceptors (Lipinski definition) is 3. The van der Waals surface area contributed by atoms with Crippen LogP contribution < -0.4 is 5.32 Å². The number of nitrogens with zero attached hydrogens (tertiary/aromatic N) is 2. The van der Waals surface area contributed by atoms with Crippen LogP contribution in [-0.2, 0) is 0 Å². The molecular weight excluding hydrogens is 234 g/mol. The zero-order valence-electron chi connectivity index (χ0n) is 11.9. The monoisotopic (exact) mass is 255 g/mol. The average molecular weight is 255 g/mol. The Hall–Kier alpha value is -1.74. The summed E-state index contributed by atoms with van der Waals surface area (Å²) < 4.78 is 0. The summed E-state index contributed by atoms with van der Waals surface area (Å²) in [6.07, 6.45) is 6.78. The zero-order valence-corrected chi connectivity index (χ0v) is 11.9. The molecule has 1 N–H and O–H groups in total. The van der Waals surface area contributed by atoms with Crippen LogP contribution in [-0.4, -0.2) is 16.5 Å². The van der Waals surface area contributed by atoms with Crippen LogP contribution in [0.3, 0.4) is 0 Å². The molecule has 0 spiro atoms. The van der Waals surface area contributed by atoms with Crippen LogP contribution in [0, 0.1) is 13.8 Å². The third-order valence-corrected chi connectivity index (χ3v) is 3.24. The first-order valence-electron chi connectivity index (χ1n) is 6.78. The summed E-state index contributed by atoms with van der Waals surface area (Å²) in [5.41, 5.74) is 4.79. The van der Waals surface area contributed by atoms with Crippen LogP contribution in [0.5, 0.6) is 0 Å². The summed E-state index contributed by atoms with van der Waals surface area (Å²) in [6, 6.07) is 6.46. The van der Waals surface area contributed by atoms with Gasteiger partial charge in [-0.05, 0) is 61.7 Å². The van der Waals surface area contributed by atoms with Gasteiger partial charge in [0.25, 0.3) is 0 Å². The second kappa shape index (κ2) is 6.43. The smallest absolute Gasteiger partial charge is 0.0595 e. The van der Waals surface area contributed by atoms with Gasteiger partial charge >= 0.3 is 0 Å². The van der Waals surface area contributed by atoms with Crippen molar-refractivity contribution in [2.24, 2.45) is 0 Å². The first-order chi connectivity index (χ1) is 9.22. The number of aromatic nitrogens is 2. The van der Waals surface area contributed by atoms with E-state index >= 15 is 0 Å². The summed E-state index contributed by atoms with van der Waals surface area (Å²) in [6.45, 7) is 7.32. The quantitative estimate of drug-likeness (QED) is 0.891. The maximum absolute atomic E-state index is 4.28. The van der Waals surface area contributed by atoms with E-state index in [1.165, 1.54) is 16.7 Å². The predicted octanol–water partition coefficient (Wildman–Crippen LogP) is 3.18. The Balaban J connectivity index is 2.38. The molecule has 2 aromatic heterocycles. The molecule has 0 aliphatic rings. The Bertz CT molecular complexity index is 537. The van der Waals surface area contributed by atoms with Crippen molar-refractivity contribution in [3.63, 3.8) is 0 Å². The van der Waals surface area contributed by atoms with Crippen molar-refractivity contribution in [2.45, 2.75) is 33.2 Å². The van der Waals surface area contributed by atoms with Gasteiger partial charge in [0, 0.05) is 24.3 Å². The number of hydrogen-bond donors (Lipinski definition) is 1. The highest BCUT2D eigenvalue weighted by Crippen LogP contribution is 2.24. The van der Waals surface area contributed by atoms with Crippen molar-refractivity contribution in [3.8, 4) is 0 Å². The number of rotatable bonds is 5. The normalized spacial score (nSPS) is 12.4. The maximum Gasteiger partial charge on any atom is 0.0595 e. The van der Waals surface area contributed by atoms with Crippen LogP contribution in [0.1, 0.15) is 41.8 Å². The minimum Gasteiger partial charge on any atom is -0.306 e. The molecule has 2 aromatic rings. The SMILES string of the molecule is CCCNC(c1ccnc(C)c1)c1cnccc1C. The van der Waals surface area contributed by atoms with Gasteiger partial charge in [-0.3, -0.25) is 9.97 Å². The molecule has 0 aliphatic carbocycles. The molecule has 2 rings (SSSR count). The second-order valence-electron chi connectivity index (χ2n) is 4.85. The first-order valence-corrected chi connectivity index (χ1v) is 6.78. The topological polar surface area (TPSA) is 37.8 Å². The summed E-state index contributed by atoms with van der Waals surface area (Å²) in [5, 5.41) is 3.60.